The van der Waals surface area contributed by atoms with Crippen LogP contribution in [0, 0.1) is 0 Å². The Morgan fingerprint density at radius 1 is 1.03 bits per heavy atom. The fourth-order valence-electron chi connectivity index (χ4n) is 3.92. The van der Waals surface area contributed by atoms with E-state index in [2.05, 4.69) is 4.90 Å². The topological polar surface area (TPSA) is 66.8 Å². The number of piperidine rings is 1. The summed E-state index contributed by atoms with van der Waals surface area (Å²) in [5.41, 5.74) is 1.39. The Hall–Kier alpha value is -2.66. The Labute approximate surface area is 172 Å². The van der Waals surface area contributed by atoms with Gasteiger partial charge in [-0.15, -0.1) is 0 Å². The highest BCUT2D eigenvalue weighted by Gasteiger charge is 2.26. The minimum absolute atomic E-state index is 0.0194. The van der Waals surface area contributed by atoms with Gasteiger partial charge < -0.3 is 9.84 Å². The first kappa shape index (κ1) is 21.1. The van der Waals surface area contributed by atoms with E-state index in [-0.39, 0.29) is 22.8 Å². The summed E-state index contributed by atoms with van der Waals surface area (Å²) in [6.45, 7) is 7.46. The SMILES string of the molecule is CC(C)c1c(OCCN2CCCCC2)ccc(C(=O)O)c1C(=O)c1ccccc1. The second-order valence-electron chi connectivity index (χ2n) is 7.81. The van der Waals surface area contributed by atoms with Crippen LogP contribution in [0.25, 0.3) is 0 Å². The van der Waals surface area contributed by atoms with Gasteiger partial charge in [-0.1, -0.05) is 50.6 Å². The number of hydrogen-bond acceptors (Lipinski definition) is 4. The van der Waals surface area contributed by atoms with Gasteiger partial charge in [-0.25, -0.2) is 4.79 Å². The van der Waals surface area contributed by atoms with E-state index in [0.717, 1.165) is 19.6 Å². The largest absolute Gasteiger partial charge is 0.492 e. The van der Waals surface area contributed by atoms with Gasteiger partial charge in [0.25, 0.3) is 0 Å². The number of carboxylic acids is 1. The number of rotatable bonds is 8. The minimum atomic E-state index is -1.11. The zero-order valence-electron chi connectivity index (χ0n) is 17.2. The average Bonchev–Trinajstić information content (AvgIpc) is 2.73. The molecule has 1 fully saturated rings. The second kappa shape index (κ2) is 9.70. The maximum atomic E-state index is 13.2. The molecule has 5 heteroatoms. The number of likely N-dealkylation sites (tertiary alicyclic amines) is 1. The molecule has 3 rings (SSSR count). The van der Waals surface area contributed by atoms with Gasteiger partial charge in [0.05, 0.1) is 5.56 Å². The Balaban J connectivity index is 1.92. The van der Waals surface area contributed by atoms with Crippen LogP contribution in [0.3, 0.4) is 0 Å². The van der Waals surface area contributed by atoms with Gasteiger partial charge in [0.2, 0.25) is 0 Å². The molecule has 0 atom stereocenters. The van der Waals surface area contributed by atoms with Crippen LogP contribution in [0.15, 0.2) is 42.5 Å². The van der Waals surface area contributed by atoms with E-state index in [0.29, 0.717) is 23.5 Å². The molecule has 0 spiro atoms. The summed E-state index contributed by atoms with van der Waals surface area (Å²) < 4.78 is 6.08. The highest BCUT2D eigenvalue weighted by atomic mass is 16.5. The van der Waals surface area contributed by atoms with E-state index >= 15 is 0 Å². The normalized spacial score (nSPS) is 14.7. The Kier molecular flexibility index (Phi) is 7.04. The maximum absolute atomic E-state index is 13.2. The van der Waals surface area contributed by atoms with Gasteiger partial charge in [0.1, 0.15) is 12.4 Å². The van der Waals surface area contributed by atoms with Crippen LogP contribution >= 0.6 is 0 Å². The van der Waals surface area contributed by atoms with E-state index < -0.39 is 5.97 Å². The van der Waals surface area contributed by atoms with Crippen LogP contribution in [0.1, 0.15) is 70.9 Å². The first-order valence-electron chi connectivity index (χ1n) is 10.3. The molecule has 1 saturated heterocycles. The first-order chi connectivity index (χ1) is 14.0. The van der Waals surface area contributed by atoms with Gasteiger partial charge in [-0.05, 0) is 44.0 Å². The molecular formula is C24H29NO4. The summed E-state index contributed by atoms with van der Waals surface area (Å²) in [5.74, 6) is -0.845. The number of carbonyl (C=O) groups excluding carboxylic acids is 1. The first-order valence-corrected chi connectivity index (χ1v) is 10.3. The maximum Gasteiger partial charge on any atom is 0.336 e. The minimum Gasteiger partial charge on any atom is -0.492 e. The van der Waals surface area contributed by atoms with Gasteiger partial charge in [-0.3, -0.25) is 9.69 Å². The number of nitrogens with zero attached hydrogens (tertiary/aromatic N) is 1. The third kappa shape index (κ3) is 5.04. The molecule has 2 aromatic rings. The van der Waals surface area contributed by atoms with Crippen molar-refractivity contribution in [2.75, 3.05) is 26.2 Å². The van der Waals surface area contributed by atoms with Crippen LogP contribution in [0.2, 0.25) is 0 Å². The molecule has 0 saturated carbocycles. The van der Waals surface area contributed by atoms with Crippen LogP contribution < -0.4 is 4.74 Å². The zero-order valence-corrected chi connectivity index (χ0v) is 17.2. The smallest absolute Gasteiger partial charge is 0.336 e. The van der Waals surface area contributed by atoms with Crippen molar-refractivity contribution in [1.82, 2.24) is 4.90 Å². The highest BCUT2D eigenvalue weighted by molar-refractivity contribution is 6.15. The molecule has 0 radical (unpaired) electrons. The molecule has 5 nitrogen and oxygen atoms in total. The summed E-state index contributed by atoms with van der Waals surface area (Å²) in [7, 11) is 0. The fourth-order valence-corrected chi connectivity index (χ4v) is 3.92. The third-order valence-electron chi connectivity index (χ3n) is 5.39. The van der Waals surface area contributed by atoms with Gasteiger partial charge in [0.15, 0.2) is 5.78 Å². The van der Waals surface area contributed by atoms with Crippen molar-refractivity contribution < 1.29 is 19.4 Å². The Morgan fingerprint density at radius 3 is 2.34 bits per heavy atom. The molecule has 0 amide bonds. The van der Waals surface area contributed by atoms with Crippen molar-refractivity contribution >= 4 is 11.8 Å². The standard InChI is InChI=1S/C24H29NO4/c1-17(2)21-20(29-16-15-25-13-7-4-8-14-25)12-11-19(24(27)28)22(21)23(26)18-9-5-3-6-10-18/h3,5-6,9-12,17H,4,7-8,13-16H2,1-2H3,(H,27,28). The van der Waals surface area contributed by atoms with E-state index in [1.54, 1.807) is 30.3 Å². The molecule has 2 aromatic carbocycles. The average molecular weight is 395 g/mol. The van der Waals surface area contributed by atoms with E-state index in [1.165, 1.54) is 25.3 Å². The van der Waals surface area contributed by atoms with Crippen molar-refractivity contribution in [3.8, 4) is 5.75 Å². The van der Waals surface area contributed by atoms with E-state index in [9.17, 15) is 14.7 Å². The number of carbonyl (C=O) groups is 2. The summed E-state index contributed by atoms with van der Waals surface area (Å²) >= 11 is 0. The molecule has 1 N–H and O–H groups in total. The van der Waals surface area contributed by atoms with Crippen LogP contribution in [-0.2, 0) is 0 Å². The van der Waals surface area contributed by atoms with Crippen molar-refractivity contribution in [1.29, 1.82) is 0 Å². The monoisotopic (exact) mass is 395 g/mol. The number of benzene rings is 2. The quantitative estimate of drug-likeness (QED) is 0.662. The molecule has 29 heavy (non-hydrogen) atoms. The number of carboxylic acid groups (broad SMARTS) is 1. The molecule has 0 aliphatic carbocycles. The number of ether oxygens (including phenoxy) is 1. The lowest BCUT2D eigenvalue weighted by atomic mass is 9.87. The third-order valence-corrected chi connectivity index (χ3v) is 5.39. The van der Waals surface area contributed by atoms with Gasteiger partial charge >= 0.3 is 5.97 Å². The summed E-state index contributed by atoms with van der Waals surface area (Å²) in [4.78, 5) is 27.5. The lowest BCUT2D eigenvalue weighted by Gasteiger charge is -2.27. The Morgan fingerprint density at radius 2 is 1.72 bits per heavy atom. The molecule has 1 aliphatic heterocycles. The lowest BCUT2D eigenvalue weighted by Crippen LogP contribution is -2.33. The van der Waals surface area contributed by atoms with E-state index in [1.807, 2.05) is 19.9 Å². The predicted molar refractivity (Wildman–Crippen MR) is 113 cm³/mol. The lowest BCUT2D eigenvalue weighted by molar-refractivity contribution is 0.0692. The van der Waals surface area contributed by atoms with Gasteiger partial charge in [0, 0.05) is 23.2 Å². The predicted octanol–water partition coefficient (Wildman–Crippen LogP) is 4.60. The zero-order chi connectivity index (χ0) is 20.8. The number of ketones is 1. The summed E-state index contributed by atoms with van der Waals surface area (Å²) in [6.07, 6.45) is 3.73. The molecule has 1 heterocycles. The van der Waals surface area contributed by atoms with Crippen molar-refractivity contribution in [2.45, 2.75) is 39.0 Å². The van der Waals surface area contributed by atoms with Gasteiger partial charge in [-0.2, -0.15) is 0 Å². The summed E-state index contributed by atoms with van der Waals surface area (Å²) in [6, 6.07) is 12.0. The van der Waals surface area contributed by atoms with Crippen molar-refractivity contribution in [3.05, 3.63) is 64.7 Å². The van der Waals surface area contributed by atoms with Crippen LogP contribution in [0.5, 0.6) is 5.75 Å². The number of hydrogen-bond donors (Lipinski definition) is 1. The van der Waals surface area contributed by atoms with Crippen molar-refractivity contribution in [2.24, 2.45) is 0 Å². The Bertz CT molecular complexity index is 855. The van der Waals surface area contributed by atoms with Crippen LogP contribution in [0.4, 0.5) is 0 Å². The molecule has 154 valence electrons. The molecule has 1 aliphatic rings. The van der Waals surface area contributed by atoms with E-state index in [4.69, 9.17) is 4.74 Å². The molecule has 0 aromatic heterocycles. The number of aromatic carboxylic acids is 1. The highest BCUT2D eigenvalue weighted by Crippen LogP contribution is 2.34. The van der Waals surface area contributed by atoms with Crippen molar-refractivity contribution in [3.63, 3.8) is 0 Å². The van der Waals surface area contributed by atoms with Crippen LogP contribution in [-0.4, -0.2) is 48.0 Å². The fraction of sp³-hybridized carbons (Fsp3) is 0.417. The summed E-state index contributed by atoms with van der Waals surface area (Å²) in [5, 5.41) is 9.71. The second-order valence-corrected chi connectivity index (χ2v) is 7.81. The molecule has 0 bridgehead atoms. The molecule has 0 unspecified atom stereocenters. The molecular weight excluding hydrogens is 366 g/mol.